The second-order valence-corrected chi connectivity index (χ2v) is 9.79. The lowest BCUT2D eigenvalue weighted by molar-refractivity contribution is -0.121. The first-order valence-electron chi connectivity index (χ1n) is 10.2. The largest absolute Gasteiger partial charge is 0.335 e. The fourth-order valence-corrected chi connectivity index (χ4v) is 5.34. The van der Waals surface area contributed by atoms with E-state index in [9.17, 15) is 18.0 Å². The van der Waals surface area contributed by atoms with Crippen LogP contribution in [0.5, 0.6) is 0 Å². The SMILES string of the molecule is Cc1ccc(S(=O)(=O)N2CCCN(CC(=O)NC(=O)NC3CCCC3)CC2)cc1. The molecule has 29 heavy (non-hydrogen) atoms. The van der Waals surface area contributed by atoms with Crippen molar-refractivity contribution in [2.45, 2.75) is 50.0 Å². The molecular formula is C20H30N4O4S. The zero-order chi connectivity index (χ0) is 20.9. The zero-order valence-corrected chi connectivity index (χ0v) is 17.7. The van der Waals surface area contributed by atoms with Crippen LogP contribution in [0.25, 0.3) is 0 Å². The molecule has 0 radical (unpaired) electrons. The molecule has 8 nitrogen and oxygen atoms in total. The molecule has 2 fully saturated rings. The molecule has 0 bridgehead atoms. The molecule has 1 saturated carbocycles. The van der Waals surface area contributed by atoms with Crippen LogP contribution in [0.4, 0.5) is 4.79 Å². The lowest BCUT2D eigenvalue weighted by atomic mass is 10.2. The molecule has 1 aromatic carbocycles. The number of urea groups is 1. The van der Waals surface area contributed by atoms with Gasteiger partial charge in [0.2, 0.25) is 15.9 Å². The number of sulfonamides is 1. The number of hydrogen-bond donors (Lipinski definition) is 2. The number of benzene rings is 1. The van der Waals surface area contributed by atoms with Gasteiger partial charge >= 0.3 is 6.03 Å². The fraction of sp³-hybridized carbons (Fsp3) is 0.600. The second kappa shape index (κ2) is 9.69. The predicted molar refractivity (Wildman–Crippen MR) is 110 cm³/mol. The van der Waals surface area contributed by atoms with Gasteiger partial charge in [-0.15, -0.1) is 0 Å². The maximum absolute atomic E-state index is 12.9. The van der Waals surface area contributed by atoms with E-state index in [0.717, 1.165) is 31.2 Å². The van der Waals surface area contributed by atoms with Crippen molar-refractivity contribution in [3.8, 4) is 0 Å². The van der Waals surface area contributed by atoms with E-state index in [1.54, 1.807) is 24.3 Å². The van der Waals surface area contributed by atoms with E-state index in [-0.39, 0.29) is 23.4 Å². The Labute approximate surface area is 172 Å². The van der Waals surface area contributed by atoms with Gasteiger partial charge in [-0.3, -0.25) is 15.0 Å². The van der Waals surface area contributed by atoms with Gasteiger partial charge in [0, 0.05) is 25.7 Å². The highest BCUT2D eigenvalue weighted by Gasteiger charge is 2.27. The summed E-state index contributed by atoms with van der Waals surface area (Å²) in [6.07, 6.45) is 4.76. The van der Waals surface area contributed by atoms with Crippen molar-refractivity contribution in [3.63, 3.8) is 0 Å². The topological polar surface area (TPSA) is 98.8 Å². The number of amides is 3. The maximum Gasteiger partial charge on any atom is 0.321 e. The molecule has 3 rings (SSSR count). The molecule has 1 saturated heterocycles. The second-order valence-electron chi connectivity index (χ2n) is 7.85. The summed E-state index contributed by atoms with van der Waals surface area (Å²) in [6.45, 7) is 3.78. The van der Waals surface area contributed by atoms with Crippen LogP contribution in [0, 0.1) is 6.92 Å². The number of carbonyl (C=O) groups excluding carboxylic acids is 2. The van der Waals surface area contributed by atoms with E-state index in [0.29, 0.717) is 32.6 Å². The number of imide groups is 1. The van der Waals surface area contributed by atoms with Crippen molar-refractivity contribution >= 4 is 22.0 Å². The Bertz CT molecular complexity index is 819. The highest BCUT2D eigenvalue weighted by Crippen LogP contribution is 2.19. The van der Waals surface area contributed by atoms with Crippen molar-refractivity contribution in [2.24, 2.45) is 0 Å². The zero-order valence-electron chi connectivity index (χ0n) is 16.9. The molecule has 0 aromatic heterocycles. The minimum atomic E-state index is -3.54. The number of nitrogens with zero attached hydrogens (tertiary/aromatic N) is 2. The van der Waals surface area contributed by atoms with E-state index in [1.807, 2.05) is 11.8 Å². The molecule has 2 N–H and O–H groups in total. The first-order valence-corrected chi connectivity index (χ1v) is 11.7. The van der Waals surface area contributed by atoms with Crippen molar-refractivity contribution in [3.05, 3.63) is 29.8 Å². The Morgan fingerprint density at radius 2 is 1.69 bits per heavy atom. The number of rotatable bonds is 5. The maximum atomic E-state index is 12.9. The van der Waals surface area contributed by atoms with Gasteiger partial charge in [-0.2, -0.15) is 4.31 Å². The summed E-state index contributed by atoms with van der Waals surface area (Å²) in [5.74, 6) is -0.365. The monoisotopic (exact) mass is 422 g/mol. The first-order chi connectivity index (χ1) is 13.8. The number of aryl methyl sites for hydroxylation is 1. The third kappa shape index (κ3) is 6.01. The van der Waals surface area contributed by atoms with Gasteiger partial charge in [-0.05, 0) is 44.9 Å². The Hall–Kier alpha value is -1.97. The minimum Gasteiger partial charge on any atom is -0.335 e. The lowest BCUT2D eigenvalue weighted by Gasteiger charge is -2.21. The van der Waals surface area contributed by atoms with E-state index in [4.69, 9.17) is 0 Å². The molecule has 160 valence electrons. The van der Waals surface area contributed by atoms with Crippen molar-refractivity contribution < 1.29 is 18.0 Å². The molecule has 9 heteroatoms. The number of nitrogens with one attached hydrogen (secondary N) is 2. The third-order valence-corrected chi connectivity index (χ3v) is 7.43. The van der Waals surface area contributed by atoms with E-state index in [2.05, 4.69) is 10.6 Å². The molecule has 0 atom stereocenters. The molecule has 1 aliphatic heterocycles. The summed E-state index contributed by atoms with van der Waals surface area (Å²) in [6, 6.07) is 6.55. The van der Waals surface area contributed by atoms with Crippen molar-refractivity contribution in [2.75, 3.05) is 32.7 Å². The molecule has 1 aromatic rings. The highest BCUT2D eigenvalue weighted by atomic mass is 32.2. The third-order valence-electron chi connectivity index (χ3n) is 5.52. The van der Waals surface area contributed by atoms with Crippen LogP contribution < -0.4 is 10.6 Å². The van der Waals surface area contributed by atoms with Gasteiger partial charge in [0.05, 0.1) is 11.4 Å². The van der Waals surface area contributed by atoms with Crippen molar-refractivity contribution in [1.29, 1.82) is 0 Å². The normalized spacial score (nSPS) is 19.6. The minimum absolute atomic E-state index is 0.0799. The summed E-state index contributed by atoms with van der Waals surface area (Å²) in [5, 5.41) is 5.22. The quantitative estimate of drug-likeness (QED) is 0.749. The standard InChI is InChI=1S/C20H30N4O4S/c1-16-7-9-18(10-8-16)29(27,28)24-12-4-11-23(13-14-24)15-19(25)22-20(26)21-17-5-2-3-6-17/h7-10,17H,2-6,11-15H2,1H3,(H2,21,22,25,26). The van der Waals surface area contributed by atoms with Gasteiger partial charge in [-0.1, -0.05) is 30.5 Å². The summed E-state index contributed by atoms with van der Waals surface area (Å²) >= 11 is 0. The summed E-state index contributed by atoms with van der Waals surface area (Å²) in [7, 11) is -3.54. The summed E-state index contributed by atoms with van der Waals surface area (Å²) in [5.41, 5.74) is 1.01. The molecule has 1 heterocycles. The van der Waals surface area contributed by atoms with Crippen LogP contribution in [0.2, 0.25) is 0 Å². The van der Waals surface area contributed by atoms with Gasteiger partial charge in [0.25, 0.3) is 0 Å². The average Bonchev–Trinajstić information content (AvgIpc) is 3.05. The van der Waals surface area contributed by atoms with Gasteiger partial charge < -0.3 is 5.32 Å². The average molecular weight is 423 g/mol. The number of carbonyl (C=O) groups is 2. The fourth-order valence-electron chi connectivity index (χ4n) is 3.87. The summed E-state index contributed by atoms with van der Waals surface area (Å²) < 4.78 is 27.2. The predicted octanol–water partition coefficient (Wildman–Crippen LogP) is 1.46. The van der Waals surface area contributed by atoms with Gasteiger partial charge in [-0.25, -0.2) is 13.2 Å². The van der Waals surface area contributed by atoms with Crippen LogP contribution in [-0.2, 0) is 14.8 Å². The first kappa shape index (κ1) is 21.7. The smallest absolute Gasteiger partial charge is 0.321 e. The van der Waals surface area contributed by atoms with Crippen LogP contribution >= 0.6 is 0 Å². The highest BCUT2D eigenvalue weighted by molar-refractivity contribution is 7.89. The van der Waals surface area contributed by atoms with E-state index >= 15 is 0 Å². The molecular weight excluding hydrogens is 392 g/mol. The van der Waals surface area contributed by atoms with Crippen LogP contribution in [0.3, 0.4) is 0 Å². The molecule has 2 aliphatic rings. The Morgan fingerprint density at radius 3 is 2.38 bits per heavy atom. The summed E-state index contributed by atoms with van der Waals surface area (Å²) in [4.78, 5) is 26.3. The van der Waals surface area contributed by atoms with Crippen LogP contribution in [0.1, 0.15) is 37.7 Å². The van der Waals surface area contributed by atoms with E-state index < -0.39 is 16.1 Å². The number of hydrogen-bond acceptors (Lipinski definition) is 5. The van der Waals surface area contributed by atoms with Crippen molar-refractivity contribution in [1.82, 2.24) is 19.8 Å². The lowest BCUT2D eigenvalue weighted by Crippen LogP contribution is -2.47. The van der Waals surface area contributed by atoms with Crippen LogP contribution in [-0.4, -0.2) is 68.3 Å². The Kier molecular flexibility index (Phi) is 7.26. The van der Waals surface area contributed by atoms with Gasteiger partial charge in [0.15, 0.2) is 0 Å². The molecule has 3 amide bonds. The molecule has 1 aliphatic carbocycles. The Morgan fingerprint density at radius 1 is 1.00 bits per heavy atom. The van der Waals surface area contributed by atoms with E-state index in [1.165, 1.54) is 4.31 Å². The Balaban J connectivity index is 1.49. The molecule has 0 unspecified atom stereocenters. The van der Waals surface area contributed by atoms with Crippen LogP contribution in [0.15, 0.2) is 29.2 Å². The molecule has 0 spiro atoms. The van der Waals surface area contributed by atoms with Gasteiger partial charge in [0.1, 0.15) is 0 Å².